The van der Waals surface area contributed by atoms with Crippen LogP contribution >= 0.6 is 34.5 Å². The Balaban J connectivity index is 1.47. The molecular formula is C17H19Cl2N3O3S2. The lowest BCUT2D eigenvalue weighted by Crippen LogP contribution is -2.50. The summed E-state index contributed by atoms with van der Waals surface area (Å²) in [6.45, 7) is 2.34. The van der Waals surface area contributed by atoms with Crippen molar-refractivity contribution in [1.29, 1.82) is 0 Å². The molecule has 27 heavy (non-hydrogen) atoms. The zero-order chi connectivity index (χ0) is 19.4. The number of nitrogens with one attached hydrogen (secondary N) is 1. The number of sulfonamides is 1. The van der Waals surface area contributed by atoms with E-state index < -0.39 is 10.0 Å². The first-order valence-electron chi connectivity index (χ1n) is 8.33. The van der Waals surface area contributed by atoms with Crippen LogP contribution in [0.2, 0.25) is 9.36 Å². The van der Waals surface area contributed by atoms with Gasteiger partial charge in [-0.2, -0.15) is 4.31 Å². The third-order valence-corrected chi connectivity index (χ3v) is 8.05. The maximum atomic E-state index is 12.6. The van der Waals surface area contributed by atoms with Crippen LogP contribution in [0.5, 0.6) is 0 Å². The maximum absolute atomic E-state index is 12.6. The largest absolute Gasteiger partial charge is 0.351 e. The van der Waals surface area contributed by atoms with Gasteiger partial charge in [-0.1, -0.05) is 35.3 Å². The van der Waals surface area contributed by atoms with Gasteiger partial charge in [-0.3, -0.25) is 9.69 Å². The maximum Gasteiger partial charge on any atom is 0.252 e. The first-order chi connectivity index (χ1) is 12.8. The molecule has 3 rings (SSSR count). The predicted octanol–water partition coefficient (Wildman–Crippen LogP) is 2.68. The van der Waals surface area contributed by atoms with E-state index in [1.807, 2.05) is 23.1 Å². The minimum atomic E-state index is -3.52. The van der Waals surface area contributed by atoms with Crippen molar-refractivity contribution in [2.24, 2.45) is 0 Å². The molecule has 0 saturated carbocycles. The Morgan fingerprint density at radius 2 is 1.85 bits per heavy atom. The number of carbonyl (C=O) groups excluding carboxylic acids is 1. The standard InChI is InChI=1S/C17H19Cl2N3O3S2/c18-14-3-1-2-13(10-14)11-20-16(23)12-21-6-8-22(9-7-21)27(24,25)17-5-4-15(19)26-17/h1-5,10H,6-9,11-12H2,(H,20,23). The van der Waals surface area contributed by atoms with Gasteiger partial charge in [0.2, 0.25) is 5.91 Å². The molecule has 0 atom stereocenters. The van der Waals surface area contributed by atoms with Gasteiger partial charge < -0.3 is 5.32 Å². The van der Waals surface area contributed by atoms with Crippen molar-refractivity contribution < 1.29 is 13.2 Å². The minimum Gasteiger partial charge on any atom is -0.351 e. The lowest BCUT2D eigenvalue weighted by molar-refractivity contribution is -0.122. The van der Waals surface area contributed by atoms with Gasteiger partial charge in [-0.15, -0.1) is 11.3 Å². The van der Waals surface area contributed by atoms with Crippen molar-refractivity contribution in [3.8, 4) is 0 Å². The first kappa shape index (κ1) is 20.6. The second-order valence-corrected chi connectivity index (χ2v) is 10.5. The Hall–Kier alpha value is -1.16. The monoisotopic (exact) mass is 447 g/mol. The van der Waals surface area contributed by atoms with Crippen LogP contribution in [-0.2, 0) is 21.4 Å². The van der Waals surface area contributed by atoms with Crippen molar-refractivity contribution in [1.82, 2.24) is 14.5 Å². The SMILES string of the molecule is O=C(CN1CCN(S(=O)(=O)c2ccc(Cl)s2)CC1)NCc1cccc(Cl)c1. The number of rotatable bonds is 6. The lowest BCUT2D eigenvalue weighted by Gasteiger charge is -2.33. The molecule has 146 valence electrons. The van der Waals surface area contributed by atoms with Gasteiger partial charge in [-0.25, -0.2) is 8.42 Å². The molecule has 1 aromatic heterocycles. The molecule has 1 saturated heterocycles. The van der Waals surface area contributed by atoms with Crippen LogP contribution in [0.1, 0.15) is 5.56 Å². The van der Waals surface area contributed by atoms with Crippen molar-refractivity contribution in [2.75, 3.05) is 32.7 Å². The van der Waals surface area contributed by atoms with Gasteiger partial charge in [0.1, 0.15) is 4.21 Å². The number of piperazine rings is 1. The van der Waals surface area contributed by atoms with Crippen LogP contribution in [0.4, 0.5) is 0 Å². The second-order valence-electron chi connectivity index (χ2n) is 6.15. The molecule has 0 radical (unpaired) electrons. The molecule has 6 nitrogen and oxygen atoms in total. The molecule has 1 N–H and O–H groups in total. The Morgan fingerprint density at radius 1 is 1.11 bits per heavy atom. The summed E-state index contributed by atoms with van der Waals surface area (Å²) < 4.78 is 27.3. The number of carbonyl (C=O) groups is 1. The molecule has 2 heterocycles. The summed E-state index contributed by atoms with van der Waals surface area (Å²) in [7, 11) is -3.52. The second kappa shape index (κ2) is 8.89. The number of hydrogen-bond acceptors (Lipinski definition) is 5. The molecule has 0 bridgehead atoms. The van der Waals surface area contributed by atoms with Gasteiger partial charge in [0.15, 0.2) is 0 Å². The average molecular weight is 448 g/mol. The van der Waals surface area contributed by atoms with Crippen LogP contribution < -0.4 is 5.32 Å². The van der Waals surface area contributed by atoms with Crippen molar-refractivity contribution in [3.05, 3.63) is 51.3 Å². The average Bonchev–Trinajstić information content (AvgIpc) is 3.08. The van der Waals surface area contributed by atoms with Crippen LogP contribution in [0.3, 0.4) is 0 Å². The van der Waals surface area contributed by atoms with E-state index in [0.29, 0.717) is 42.1 Å². The Bertz CT molecular complexity index is 910. The summed E-state index contributed by atoms with van der Waals surface area (Å²) in [4.78, 5) is 14.1. The quantitative estimate of drug-likeness (QED) is 0.738. The topological polar surface area (TPSA) is 69.7 Å². The summed E-state index contributed by atoms with van der Waals surface area (Å²) in [5.41, 5.74) is 0.932. The lowest BCUT2D eigenvalue weighted by atomic mass is 10.2. The van der Waals surface area contributed by atoms with E-state index in [1.165, 1.54) is 10.4 Å². The Kier molecular flexibility index (Phi) is 6.78. The molecule has 0 aliphatic carbocycles. The van der Waals surface area contributed by atoms with Crippen LogP contribution in [0.25, 0.3) is 0 Å². The first-order valence-corrected chi connectivity index (χ1v) is 11.3. The molecular weight excluding hydrogens is 429 g/mol. The third-order valence-electron chi connectivity index (χ3n) is 4.22. The fourth-order valence-electron chi connectivity index (χ4n) is 2.80. The van der Waals surface area contributed by atoms with E-state index in [4.69, 9.17) is 23.2 Å². The summed E-state index contributed by atoms with van der Waals surface area (Å²) >= 11 is 12.8. The highest BCUT2D eigenvalue weighted by Crippen LogP contribution is 2.28. The zero-order valence-electron chi connectivity index (χ0n) is 14.4. The molecule has 0 spiro atoms. The molecule has 1 fully saturated rings. The molecule has 1 aliphatic rings. The number of benzene rings is 1. The number of hydrogen-bond donors (Lipinski definition) is 1. The fraction of sp³-hybridized carbons (Fsp3) is 0.353. The van der Waals surface area contributed by atoms with E-state index >= 15 is 0 Å². The van der Waals surface area contributed by atoms with Crippen LogP contribution in [0.15, 0.2) is 40.6 Å². The summed E-state index contributed by atoms with van der Waals surface area (Å²) in [6.07, 6.45) is 0. The molecule has 0 unspecified atom stereocenters. The van der Waals surface area contributed by atoms with E-state index in [-0.39, 0.29) is 16.7 Å². The Morgan fingerprint density at radius 3 is 2.48 bits per heavy atom. The molecule has 10 heteroatoms. The molecule has 1 aliphatic heterocycles. The van der Waals surface area contributed by atoms with E-state index in [0.717, 1.165) is 16.9 Å². The van der Waals surface area contributed by atoms with E-state index in [9.17, 15) is 13.2 Å². The summed E-state index contributed by atoms with van der Waals surface area (Å²) in [5.74, 6) is -0.101. The normalized spacial score (nSPS) is 16.4. The van der Waals surface area contributed by atoms with Gasteiger partial charge in [0, 0.05) is 37.7 Å². The summed E-state index contributed by atoms with van der Waals surface area (Å²) in [6, 6.07) is 10.4. The van der Waals surface area contributed by atoms with E-state index in [1.54, 1.807) is 12.1 Å². The van der Waals surface area contributed by atoms with Gasteiger partial charge in [0.05, 0.1) is 10.9 Å². The van der Waals surface area contributed by atoms with Gasteiger partial charge in [0.25, 0.3) is 10.0 Å². The van der Waals surface area contributed by atoms with E-state index in [2.05, 4.69) is 5.32 Å². The third kappa shape index (κ3) is 5.43. The highest BCUT2D eigenvalue weighted by Gasteiger charge is 2.30. The highest BCUT2D eigenvalue weighted by atomic mass is 35.5. The van der Waals surface area contributed by atoms with Crippen molar-refractivity contribution in [2.45, 2.75) is 10.8 Å². The predicted molar refractivity (Wildman–Crippen MR) is 108 cm³/mol. The minimum absolute atomic E-state index is 0.101. The van der Waals surface area contributed by atoms with Gasteiger partial charge in [-0.05, 0) is 29.8 Å². The Labute approximate surface area is 172 Å². The zero-order valence-corrected chi connectivity index (χ0v) is 17.5. The number of halogens is 2. The molecule has 1 amide bonds. The number of nitrogens with zero attached hydrogens (tertiary/aromatic N) is 2. The van der Waals surface area contributed by atoms with Crippen molar-refractivity contribution >= 4 is 50.5 Å². The van der Waals surface area contributed by atoms with Crippen LogP contribution in [-0.4, -0.2) is 56.3 Å². The fourth-order valence-corrected chi connectivity index (χ4v) is 6.07. The number of amides is 1. The molecule has 1 aromatic carbocycles. The summed E-state index contributed by atoms with van der Waals surface area (Å²) in [5, 5.41) is 3.49. The smallest absolute Gasteiger partial charge is 0.252 e. The van der Waals surface area contributed by atoms with Crippen LogP contribution in [0, 0.1) is 0 Å². The number of thiophene rings is 1. The molecule has 2 aromatic rings. The highest BCUT2D eigenvalue weighted by molar-refractivity contribution is 7.91. The van der Waals surface area contributed by atoms with Gasteiger partial charge >= 0.3 is 0 Å². The van der Waals surface area contributed by atoms with Crippen molar-refractivity contribution in [3.63, 3.8) is 0 Å².